The van der Waals surface area contributed by atoms with Gasteiger partial charge in [0.2, 0.25) is 11.8 Å². The number of nitrogens with zero attached hydrogens (tertiary/aromatic N) is 2. The summed E-state index contributed by atoms with van der Waals surface area (Å²) in [6.07, 6.45) is -0.399. The molecule has 2 N–H and O–H groups in total. The highest BCUT2D eigenvalue weighted by atomic mass is 16.6. The summed E-state index contributed by atoms with van der Waals surface area (Å²) in [6, 6.07) is 34.7. The Bertz CT molecular complexity index is 2590. The van der Waals surface area contributed by atoms with Gasteiger partial charge in [-0.1, -0.05) is 90.7 Å². The molecule has 3 amide bonds. The lowest BCUT2D eigenvalue weighted by Gasteiger charge is -2.46. The third-order valence-electron chi connectivity index (χ3n) is 11.8. The second kappa shape index (κ2) is 19.0. The van der Waals surface area contributed by atoms with Crippen LogP contribution < -0.4 is 19.7 Å². The Morgan fingerprint density at radius 1 is 0.797 bits per heavy atom. The number of benzene rings is 5. The zero-order chi connectivity index (χ0) is 44.8. The fourth-order valence-corrected chi connectivity index (χ4v) is 9.28. The molecule has 8 rings (SSSR count). The standard InChI is InChI=1S/C51H47N3O10/c1-4-26-52-47(56)42-44-48(57)64-45(36-14-9-6-10-15-36)43(35-12-7-5-8-13-35)54(44)46(37-16-11-17-39(32-37)62-28-27-55)51(42)40-31-34(19-18-33-20-23-38(61-3)24-21-33)22-25-41(40)53(49(51)58)50(59)63-30-29-60-2/h4-17,20-25,31-32,42-46,55H,1,26-30H2,2-3H3,(H,52,56). The average molecular weight is 862 g/mol. The lowest BCUT2D eigenvalue weighted by Crippen LogP contribution is -2.55. The zero-order valence-corrected chi connectivity index (χ0v) is 35.3. The van der Waals surface area contributed by atoms with Gasteiger partial charge in [-0.25, -0.2) is 9.69 Å². The van der Waals surface area contributed by atoms with E-state index in [1.807, 2.05) is 77.7 Å². The molecule has 6 atom stereocenters. The molecule has 5 aromatic carbocycles. The number of aliphatic hydroxyl groups is 1. The van der Waals surface area contributed by atoms with Crippen molar-refractivity contribution in [2.75, 3.05) is 52.1 Å². The van der Waals surface area contributed by atoms with Crippen molar-refractivity contribution in [3.8, 4) is 23.3 Å². The van der Waals surface area contributed by atoms with Crippen LogP contribution in [-0.4, -0.2) is 87.1 Å². The van der Waals surface area contributed by atoms with E-state index in [1.165, 1.54) is 13.2 Å². The van der Waals surface area contributed by atoms with Crippen LogP contribution in [0.15, 0.2) is 140 Å². The van der Waals surface area contributed by atoms with Crippen LogP contribution in [0.2, 0.25) is 0 Å². The third kappa shape index (κ3) is 7.88. The molecule has 13 heteroatoms. The highest BCUT2D eigenvalue weighted by Gasteiger charge is 2.75. The van der Waals surface area contributed by atoms with Gasteiger partial charge in [-0.05, 0) is 76.9 Å². The topological polar surface area (TPSA) is 153 Å². The van der Waals surface area contributed by atoms with E-state index in [0.717, 1.165) is 10.5 Å². The molecule has 326 valence electrons. The fourth-order valence-electron chi connectivity index (χ4n) is 9.28. The van der Waals surface area contributed by atoms with E-state index in [-0.39, 0.29) is 44.2 Å². The first-order valence-corrected chi connectivity index (χ1v) is 20.9. The van der Waals surface area contributed by atoms with Crippen LogP contribution in [0.4, 0.5) is 10.5 Å². The quantitative estimate of drug-likeness (QED) is 0.0601. The fraction of sp³-hybridized carbons (Fsp3) is 0.255. The van der Waals surface area contributed by atoms with Gasteiger partial charge in [0.15, 0.2) is 0 Å². The summed E-state index contributed by atoms with van der Waals surface area (Å²) in [5, 5.41) is 12.6. The Balaban J connectivity index is 1.45. The van der Waals surface area contributed by atoms with Gasteiger partial charge >= 0.3 is 12.1 Å². The van der Waals surface area contributed by atoms with Crippen LogP contribution in [0.3, 0.4) is 0 Å². The number of carbonyl (C=O) groups is 4. The number of fused-ring (bicyclic) bond motifs is 3. The monoisotopic (exact) mass is 861 g/mol. The number of morpholine rings is 1. The number of imide groups is 1. The molecule has 13 nitrogen and oxygen atoms in total. The third-order valence-corrected chi connectivity index (χ3v) is 11.8. The molecule has 1 spiro atoms. The second-order valence-corrected chi connectivity index (χ2v) is 15.4. The molecule has 3 aliphatic heterocycles. The first kappa shape index (κ1) is 43.4. The minimum Gasteiger partial charge on any atom is -0.497 e. The summed E-state index contributed by atoms with van der Waals surface area (Å²) in [5.41, 5.74) is 1.48. The average Bonchev–Trinajstić information content (AvgIpc) is 3.79. The summed E-state index contributed by atoms with van der Waals surface area (Å²) in [7, 11) is 3.04. The normalized spacial score (nSPS) is 22.1. The van der Waals surface area contributed by atoms with Crippen LogP contribution in [0.25, 0.3) is 0 Å². The minimum absolute atomic E-state index is 0.00822. The Morgan fingerprint density at radius 2 is 1.48 bits per heavy atom. The van der Waals surface area contributed by atoms with Crippen LogP contribution in [0, 0.1) is 17.8 Å². The van der Waals surface area contributed by atoms with Gasteiger partial charge in [0, 0.05) is 24.8 Å². The lowest BCUT2D eigenvalue weighted by molar-refractivity contribution is -0.178. The molecule has 2 saturated heterocycles. The summed E-state index contributed by atoms with van der Waals surface area (Å²) in [5.74, 6) is 3.75. The summed E-state index contributed by atoms with van der Waals surface area (Å²) < 4.78 is 28.6. The van der Waals surface area contributed by atoms with Gasteiger partial charge in [-0.15, -0.1) is 6.58 Å². The van der Waals surface area contributed by atoms with Gasteiger partial charge in [-0.3, -0.25) is 19.3 Å². The molecular formula is C51H47N3O10. The molecule has 5 aromatic rings. The first-order valence-electron chi connectivity index (χ1n) is 20.9. The SMILES string of the molecule is C=CCNC(=O)C1C2C(=O)OC(c3ccccc3)C(c3ccccc3)N2C(c2cccc(OCCO)c2)C12C(=O)N(C(=O)OCCOC)c1ccc(C#Cc3ccc(OC)cc3)cc12. The largest absolute Gasteiger partial charge is 0.497 e. The number of cyclic esters (lactones) is 1. The van der Waals surface area contributed by atoms with Crippen molar-refractivity contribution in [1.82, 2.24) is 10.2 Å². The van der Waals surface area contributed by atoms with Crippen LogP contribution in [0.5, 0.6) is 11.5 Å². The Morgan fingerprint density at radius 3 is 2.17 bits per heavy atom. The number of esters is 1. The zero-order valence-electron chi connectivity index (χ0n) is 35.3. The minimum atomic E-state index is -2.03. The van der Waals surface area contributed by atoms with Crippen molar-refractivity contribution in [3.63, 3.8) is 0 Å². The van der Waals surface area contributed by atoms with Crippen LogP contribution in [-0.2, 0) is 34.0 Å². The molecule has 0 aromatic heterocycles. The maximum absolute atomic E-state index is 16.2. The molecule has 0 bridgehead atoms. The summed E-state index contributed by atoms with van der Waals surface area (Å²) in [6.45, 7) is 3.43. The number of ether oxygens (including phenoxy) is 5. The Kier molecular flexibility index (Phi) is 12.9. The first-order chi connectivity index (χ1) is 31.3. The number of rotatable bonds is 13. The molecule has 2 fully saturated rings. The van der Waals surface area contributed by atoms with Crippen molar-refractivity contribution in [1.29, 1.82) is 0 Å². The molecule has 0 aliphatic carbocycles. The Labute approximate surface area is 371 Å². The summed E-state index contributed by atoms with van der Waals surface area (Å²) in [4.78, 5) is 63.8. The van der Waals surface area contributed by atoms with Gasteiger partial charge < -0.3 is 34.1 Å². The van der Waals surface area contributed by atoms with Crippen molar-refractivity contribution in [2.24, 2.45) is 5.92 Å². The van der Waals surface area contributed by atoms with Crippen molar-refractivity contribution < 1.29 is 48.0 Å². The molecule has 3 heterocycles. The number of methoxy groups -OCH3 is 2. The van der Waals surface area contributed by atoms with Crippen molar-refractivity contribution in [2.45, 2.75) is 29.6 Å². The number of hydrogen-bond donors (Lipinski definition) is 2. The number of aliphatic hydroxyl groups excluding tert-OH is 1. The van der Waals surface area contributed by atoms with E-state index in [4.69, 9.17) is 23.7 Å². The van der Waals surface area contributed by atoms with Gasteiger partial charge in [-0.2, -0.15) is 0 Å². The number of amides is 3. The number of nitrogens with one attached hydrogen (secondary N) is 1. The van der Waals surface area contributed by atoms with Gasteiger partial charge in [0.05, 0.1) is 44.0 Å². The molecule has 0 radical (unpaired) electrons. The second-order valence-electron chi connectivity index (χ2n) is 15.4. The van der Waals surface area contributed by atoms with E-state index in [9.17, 15) is 9.90 Å². The smallest absolute Gasteiger partial charge is 0.421 e. The highest BCUT2D eigenvalue weighted by molar-refractivity contribution is 6.23. The van der Waals surface area contributed by atoms with E-state index in [0.29, 0.717) is 33.8 Å². The number of anilines is 1. The molecular weight excluding hydrogens is 815 g/mol. The van der Waals surface area contributed by atoms with E-state index < -0.39 is 59.4 Å². The molecule has 3 aliphatic rings. The van der Waals surface area contributed by atoms with Crippen molar-refractivity contribution in [3.05, 3.63) is 173 Å². The van der Waals surface area contributed by atoms with E-state index >= 15 is 14.4 Å². The lowest BCUT2D eigenvalue weighted by atomic mass is 9.65. The highest BCUT2D eigenvalue weighted by Crippen LogP contribution is 2.66. The molecule has 64 heavy (non-hydrogen) atoms. The number of carbonyl (C=O) groups excluding carboxylic acids is 4. The van der Waals surface area contributed by atoms with Gasteiger partial charge in [0.25, 0.3) is 0 Å². The van der Waals surface area contributed by atoms with Crippen LogP contribution >= 0.6 is 0 Å². The number of hydrogen-bond acceptors (Lipinski definition) is 11. The summed E-state index contributed by atoms with van der Waals surface area (Å²) >= 11 is 0. The predicted octanol–water partition coefficient (Wildman–Crippen LogP) is 6.22. The van der Waals surface area contributed by atoms with Crippen LogP contribution in [0.1, 0.15) is 51.6 Å². The molecule has 6 unspecified atom stereocenters. The maximum atomic E-state index is 16.2. The predicted molar refractivity (Wildman–Crippen MR) is 236 cm³/mol. The Hall–Kier alpha value is -7.24. The molecule has 0 saturated carbocycles. The van der Waals surface area contributed by atoms with E-state index in [1.54, 1.807) is 61.7 Å². The van der Waals surface area contributed by atoms with Crippen molar-refractivity contribution >= 4 is 29.6 Å². The maximum Gasteiger partial charge on any atom is 0.421 e. The van der Waals surface area contributed by atoms with E-state index in [2.05, 4.69) is 23.7 Å². The van der Waals surface area contributed by atoms with Gasteiger partial charge in [0.1, 0.15) is 42.3 Å².